The number of aromatic nitrogens is 2. The van der Waals surface area contributed by atoms with Crippen molar-refractivity contribution in [2.24, 2.45) is 0 Å². The lowest BCUT2D eigenvalue weighted by Gasteiger charge is -2.16. The third-order valence-corrected chi connectivity index (χ3v) is 5.87. The number of likely N-dealkylation sites (tertiary alicyclic amines) is 1. The first-order valence-corrected chi connectivity index (χ1v) is 10.4. The highest BCUT2D eigenvalue weighted by Crippen LogP contribution is 2.29. The van der Waals surface area contributed by atoms with Crippen LogP contribution in [-0.2, 0) is 0 Å². The van der Waals surface area contributed by atoms with Crippen LogP contribution in [0.15, 0.2) is 42.5 Å². The van der Waals surface area contributed by atoms with Crippen LogP contribution in [0.25, 0.3) is 17.1 Å². The van der Waals surface area contributed by atoms with Crippen LogP contribution >= 0.6 is 0 Å². The van der Waals surface area contributed by atoms with Crippen molar-refractivity contribution in [2.75, 3.05) is 27.2 Å². The van der Waals surface area contributed by atoms with E-state index in [2.05, 4.69) is 10.3 Å². The van der Waals surface area contributed by atoms with Crippen LogP contribution in [-0.4, -0.2) is 53.6 Å². The van der Waals surface area contributed by atoms with Gasteiger partial charge in [0.05, 0.1) is 18.4 Å². The predicted octanol–water partition coefficient (Wildman–Crippen LogP) is 3.30. The van der Waals surface area contributed by atoms with Gasteiger partial charge in [-0.2, -0.15) is 5.26 Å². The maximum absolute atomic E-state index is 14.4. The summed E-state index contributed by atoms with van der Waals surface area (Å²) in [6.07, 6.45) is 0.883. The molecule has 1 aliphatic rings. The quantitative estimate of drug-likeness (QED) is 0.668. The summed E-state index contributed by atoms with van der Waals surface area (Å²) in [6.45, 7) is 3.10. The van der Waals surface area contributed by atoms with Gasteiger partial charge in [-0.25, -0.2) is 9.37 Å². The molecule has 3 aromatic rings. The van der Waals surface area contributed by atoms with E-state index in [4.69, 9.17) is 10.00 Å². The number of carbonyl (C=O) groups excluding carboxylic acids is 1. The molecule has 1 amide bonds. The first-order valence-electron chi connectivity index (χ1n) is 10.4. The first kappa shape index (κ1) is 21.5. The zero-order valence-corrected chi connectivity index (χ0v) is 18.2. The van der Waals surface area contributed by atoms with E-state index in [0.29, 0.717) is 41.6 Å². The minimum Gasteiger partial charge on any atom is -0.497 e. The van der Waals surface area contributed by atoms with E-state index in [0.717, 1.165) is 12.1 Å². The summed E-state index contributed by atoms with van der Waals surface area (Å²) in [5.41, 5.74) is 2.20. The number of hydrogen-bond acceptors (Lipinski definition) is 5. The number of nitrogens with zero attached hydrogens (tertiary/aromatic N) is 4. The molecule has 1 N–H and O–H groups in total. The summed E-state index contributed by atoms with van der Waals surface area (Å²) in [5, 5.41) is 12.3. The van der Waals surface area contributed by atoms with Crippen molar-refractivity contribution in [1.29, 1.82) is 5.26 Å². The van der Waals surface area contributed by atoms with Gasteiger partial charge in [0.15, 0.2) is 0 Å². The van der Waals surface area contributed by atoms with Gasteiger partial charge in [-0.3, -0.25) is 9.36 Å². The second-order valence-corrected chi connectivity index (χ2v) is 7.73. The van der Waals surface area contributed by atoms with E-state index in [1.807, 2.05) is 48.9 Å². The number of benzene rings is 2. The van der Waals surface area contributed by atoms with Gasteiger partial charge in [0.2, 0.25) is 0 Å². The fourth-order valence-corrected chi connectivity index (χ4v) is 4.02. The lowest BCUT2D eigenvalue weighted by molar-refractivity contribution is 0.0783. The Morgan fingerprint density at radius 3 is 2.62 bits per heavy atom. The largest absolute Gasteiger partial charge is 0.497 e. The van der Waals surface area contributed by atoms with Crippen LogP contribution in [0.2, 0.25) is 0 Å². The topological polar surface area (TPSA) is 83.2 Å². The van der Waals surface area contributed by atoms with Gasteiger partial charge in [0.25, 0.3) is 5.91 Å². The Bertz CT molecular complexity index is 1200. The average Bonchev–Trinajstić information content (AvgIpc) is 3.43. The van der Waals surface area contributed by atoms with Crippen LogP contribution < -0.4 is 10.1 Å². The van der Waals surface area contributed by atoms with Crippen LogP contribution in [0.5, 0.6) is 5.75 Å². The molecule has 1 saturated heterocycles. The Morgan fingerprint density at radius 1 is 1.28 bits per heavy atom. The number of hydrogen-bond donors (Lipinski definition) is 1. The van der Waals surface area contributed by atoms with Crippen molar-refractivity contribution in [1.82, 2.24) is 19.8 Å². The lowest BCUT2D eigenvalue weighted by atomic mass is 10.1. The molecule has 1 aliphatic heterocycles. The predicted molar refractivity (Wildman–Crippen MR) is 118 cm³/mol. The maximum atomic E-state index is 14.4. The van der Waals surface area contributed by atoms with Crippen molar-refractivity contribution >= 4 is 5.91 Å². The zero-order chi connectivity index (χ0) is 22.8. The molecule has 2 aromatic carbocycles. The van der Waals surface area contributed by atoms with Gasteiger partial charge in [0, 0.05) is 30.4 Å². The molecule has 0 spiro atoms. The number of nitriles is 1. The molecule has 1 atom stereocenters. The van der Waals surface area contributed by atoms with Crippen LogP contribution in [0.1, 0.15) is 28.2 Å². The van der Waals surface area contributed by atoms with Gasteiger partial charge in [-0.05, 0) is 62.9 Å². The van der Waals surface area contributed by atoms with E-state index >= 15 is 0 Å². The second kappa shape index (κ2) is 8.81. The summed E-state index contributed by atoms with van der Waals surface area (Å²) in [7, 11) is 3.48. The van der Waals surface area contributed by atoms with Gasteiger partial charge in [-0.1, -0.05) is 0 Å². The van der Waals surface area contributed by atoms with Crippen molar-refractivity contribution in [3.05, 3.63) is 65.2 Å². The summed E-state index contributed by atoms with van der Waals surface area (Å²) < 4.78 is 21.5. The maximum Gasteiger partial charge on any atom is 0.274 e. The van der Waals surface area contributed by atoms with Gasteiger partial charge < -0.3 is 15.0 Å². The Morgan fingerprint density at radius 2 is 2.03 bits per heavy atom. The molecular formula is C24H24FN5O2. The Labute approximate surface area is 186 Å². The summed E-state index contributed by atoms with van der Waals surface area (Å²) >= 11 is 0. The van der Waals surface area contributed by atoms with Crippen molar-refractivity contribution in [2.45, 2.75) is 19.4 Å². The molecule has 2 heterocycles. The molecule has 0 unspecified atom stereocenters. The number of likely N-dealkylation sites (N-methyl/N-ethyl adjacent to an activating group) is 1. The molecule has 7 nitrogen and oxygen atoms in total. The van der Waals surface area contributed by atoms with E-state index in [9.17, 15) is 9.18 Å². The molecule has 0 bridgehead atoms. The number of ether oxygens (including phenoxy) is 1. The van der Waals surface area contributed by atoms with Crippen LogP contribution in [0, 0.1) is 24.1 Å². The lowest BCUT2D eigenvalue weighted by Crippen LogP contribution is -2.34. The third kappa shape index (κ3) is 3.83. The summed E-state index contributed by atoms with van der Waals surface area (Å²) in [6, 6.07) is 13.8. The number of halogens is 1. The normalized spacial score (nSPS) is 15.6. The number of carbonyl (C=O) groups is 1. The first-order chi connectivity index (χ1) is 15.5. The number of rotatable bonds is 5. The van der Waals surface area contributed by atoms with Crippen molar-refractivity contribution < 1.29 is 13.9 Å². The highest BCUT2D eigenvalue weighted by Gasteiger charge is 2.30. The molecule has 1 aromatic heterocycles. The molecular weight excluding hydrogens is 409 g/mol. The monoisotopic (exact) mass is 433 g/mol. The average molecular weight is 433 g/mol. The molecule has 0 aliphatic carbocycles. The highest BCUT2D eigenvalue weighted by atomic mass is 19.1. The SMILES string of the molecule is CN[C@H]1CCN(C(=O)c2nc(-c3ccc(C#N)c(F)c3)n(-c3ccc(OC)cc3)c2C)C1. The Balaban J connectivity index is 1.83. The van der Waals surface area contributed by atoms with Gasteiger partial charge in [-0.15, -0.1) is 0 Å². The Kier molecular flexibility index (Phi) is 5.93. The Hall–Kier alpha value is -3.70. The van der Waals surface area contributed by atoms with Crippen LogP contribution in [0.3, 0.4) is 0 Å². The zero-order valence-electron chi connectivity index (χ0n) is 18.2. The molecule has 164 valence electrons. The number of amides is 1. The molecule has 4 rings (SSSR count). The number of imidazole rings is 1. The smallest absolute Gasteiger partial charge is 0.274 e. The molecule has 32 heavy (non-hydrogen) atoms. The van der Waals surface area contributed by atoms with Gasteiger partial charge >= 0.3 is 0 Å². The molecule has 0 saturated carbocycles. The van der Waals surface area contributed by atoms with Crippen molar-refractivity contribution in [3.8, 4) is 28.9 Å². The third-order valence-electron chi connectivity index (χ3n) is 5.87. The highest BCUT2D eigenvalue weighted by molar-refractivity contribution is 5.94. The fourth-order valence-electron chi connectivity index (χ4n) is 4.02. The summed E-state index contributed by atoms with van der Waals surface area (Å²) in [4.78, 5) is 19.8. The molecule has 1 fully saturated rings. The standard InChI is InChI=1S/C24H24FN5O2/c1-15-22(24(31)29-11-10-18(14-29)27-2)28-23(16-4-5-17(13-26)21(25)12-16)30(15)19-6-8-20(32-3)9-7-19/h4-9,12,18,27H,10-11,14H2,1-3H3/t18-/m0/s1. The minimum atomic E-state index is -0.629. The van der Waals surface area contributed by atoms with E-state index < -0.39 is 5.82 Å². The summed E-state index contributed by atoms with van der Waals surface area (Å²) in [5.74, 6) is 0.354. The van der Waals surface area contributed by atoms with E-state index in [1.165, 1.54) is 12.1 Å². The van der Waals surface area contributed by atoms with E-state index in [-0.39, 0.29) is 17.5 Å². The molecule has 8 heteroatoms. The fraction of sp³-hybridized carbons (Fsp3) is 0.292. The second-order valence-electron chi connectivity index (χ2n) is 7.73. The molecule has 0 radical (unpaired) electrons. The number of methoxy groups -OCH3 is 1. The number of nitrogens with one attached hydrogen (secondary N) is 1. The van der Waals surface area contributed by atoms with E-state index in [1.54, 1.807) is 18.1 Å². The van der Waals surface area contributed by atoms with Gasteiger partial charge in [0.1, 0.15) is 29.2 Å². The van der Waals surface area contributed by atoms with Crippen LogP contribution in [0.4, 0.5) is 4.39 Å². The minimum absolute atomic E-state index is 0.0421. The van der Waals surface area contributed by atoms with Crippen molar-refractivity contribution in [3.63, 3.8) is 0 Å².